The lowest BCUT2D eigenvalue weighted by atomic mass is 10.0. The van der Waals surface area contributed by atoms with Gasteiger partial charge in [-0.2, -0.15) is 13.1 Å². The molecule has 0 spiro atoms. The third-order valence-corrected chi connectivity index (χ3v) is 7.92. The van der Waals surface area contributed by atoms with Crippen molar-refractivity contribution in [1.82, 2.24) is 4.31 Å². The van der Waals surface area contributed by atoms with Crippen molar-refractivity contribution in [3.8, 4) is 0 Å². The minimum atomic E-state index is -3.86. The first kappa shape index (κ1) is 23.0. The first-order valence-electron chi connectivity index (χ1n) is 9.33. The molecule has 0 aromatic heterocycles. The molecule has 5 nitrogen and oxygen atoms in total. The van der Waals surface area contributed by atoms with Crippen LogP contribution in [0.15, 0.2) is 52.3 Å². The second kappa shape index (κ2) is 9.64. The van der Waals surface area contributed by atoms with Gasteiger partial charge in [-0.15, -0.1) is 0 Å². The standard InChI is InChI=1S/C20H21ClF2N2O3S2/c1-13-5-4-10-25(12-13)30(27,28)18-11-14(8-9-15(18)21)19(26)24-16-6-2-3-7-17(16)29-20(22)23/h2-3,6-9,11,13,20H,4-5,10,12H2,1H3,(H,24,26). The highest BCUT2D eigenvalue weighted by atomic mass is 35.5. The maximum atomic E-state index is 13.1. The molecule has 1 aliphatic rings. The van der Waals surface area contributed by atoms with E-state index in [9.17, 15) is 22.0 Å². The van der Waals surface area contributed by atoms with Gasteiger partial charge in [-0.25, -0.2) is 8.42 Å². The van der Waals surface area contributed by atoms with Gasteiger partial charge >= 0.3 is 0 Å². The zero-order chi connectivity index (χ0) is 21.9. The molecule has 1 aliphatic heterocycles. The van der Waals surface area contributed by atoms with Gasteiger partial charge in [-0.1, -0.05) is 42.4 Å². The molecule has 1 atom stereocenters. The van der Waals surface area contributed by atoms with Gasteiger partial charge in [0.2, 0.25) is 10.0 Å². The van der Waals surface area contributed by atoms with Crippen molar-refractivity contribution < 1.29 is 22.0 Å². The van der Waals surface area contributed by atoms with Crippen LogP contribution in [-0.2, 0) is 10.0 Å². The summed E-state index contributed by atoms with van der Waals surface area (Å²) in [5, 5.41) is 2.60. The second-order valence-electron chi connectivity index (χ2n) is 7.08. The van der Waals surface area contributed by atoms with E-state index in [1.165, 1.54) is 34.6 Å². The van der Waals surface area contributed by atoms with E-state index in [-0.39, 0.29) is 32.0 Å². The molecule has 162 valence electrons. The number of benzene rings is 2. The van der Waals surface area contributed by atoms with Crippen LogP contribution in [0.3, 0.4) is 0 Å². The summed E-state index contributed by atoms with van der Waals surface area (Å²) >= 11 is 6.48. The van der Waals surface area contributed by atoms with Gasteiger partial charge in [0, 0.05) is 23.5 Å². The Morgan fingerprint density at radius 2 is 2.00 bits per heavy atom. The minimum Gasteiger partial charge on any atom is -0.321 e. The summed E-state index contributed by atoms with van der Waals surface area (Å²) in [6, 6.07) is 10.2. The molecule has 1 saturated heterocycles. The number of rotatable bonds is 6. The Morgan fingerprint density at radius 3 is 2.70 bits per heavy atom. The topological polar surface area (TPSA) is 66.5 Å². The Hall–Kier alpha value is -1.68. The van der Waals surface area contributed by atoms with E-state index in [4.69, 9.17) is 11.6 Å². The highest BCUT2D eigenvalue weighted by Gasteiger charge is 2.31. The molecule has 0 saturated carbocycles. The van der Waals surface area contributed by atoms with Crippen LogP contribution in [0.4, 0.5) is 14.5 Å². The molecule has 1 fully saturated rings. The predicted molar refractivity (Wildman–Crippen MR) is 115 cm³/mol. The maximum Gasteiger partial charge on any atom is 0.288 e. The SMILES string of the molecule is CC1CCCN(S(=O)(=O)c2cc(C(=O)Nc3ccccc3SC(F)F)ccc2Cl)C1. The fourth-order valence-electron chi connectivity index (χ4n) is 3.31. The largest absolute Gasteiger partial charge is 0.321 e. The number of nitrogens with zero attached hydrogens (tertiary/aromatic N) is 1. The van der Waals surface area contributed by atoms with E-state index in [1.807, 2.05) is 6.92 Å². The van der Waals surface area contributed by atoms with Gasteiger partial charge in [-0.05, 0) is 49.1 Å². The molecule has 1 heterocycles. The van der Waals surface area contributed by atoms with Crippen LogP contribution in [0.5, 0.6) is 0 Å². The van der Waals surface area contributed by atoms with Gasteiger partial charge in [-0.3, -0.25) is 4.79 Å². The van der Waals surface area contributed by atoms with Crippen LogP contribution in [-0.4, -0.2) is 37.5 Å². The van der Waals surface area contributed by atoms with Crippen molar-refractivity contribution in [3.05, 3.63) is 53.1 Å². The predicted octanol–water partition coefficient (Wildman–Crippen LogP) is 5.33. The number of alkyl halides is 2. The number of carbonyl (C=O) groups excluding carboxylic acids is 1. The Morgan fingerprint density at radius 1 is 1.27 bits per heavy atom. The highest BCUT2D eigenvalue weighted by molar-refractivity contribution is 7.99. The number of hydrogen-bond acceptors (Lipinski definition) is 4. The van der Waals surface area contributed by atoms with Crippen LogP contribution in [0.2, 0.25) is 5.02 Å². The molecule has 1 unspecified atom stereocenters. The maximum absolute atomic E-state index is 13.1. The second-order valence-corrected chi connectivity index (χ2v) is 10.4. The molecule has 0 bridgehead atoms. The fraction of sp³-hybridized carbons (Fsp3) is 0.350. The number of nitrogens with one attached hydrogen (secondary N) is 1. The third-order valence-electron chi connectivity index (χ3n) is 4.78. The normalized spacial score (nSPS) is 17.8. The van der Waals surface area contributed by atoms with Gasteiger partial charge in [0.25, 0.3) is 11.7 Å². The molecule has 1 N–H and O–H groups in total. The average Bonchev–Trinajstić information content (AvgIpc) is 2.69. The molecule has 3 rings (SSSR count). The average molecular weight is 475 g/mol. The van der Waals surface area contributed by atoms with Gasteiger partial charge in [0.1, 0.15) is 4.90 Å². The fourth-order valence-corrected chi connectivity index (χ4v) is 6.00. The van der Waals surface area contributed by atoms with Gasteiger partial charge in [0.05, 0.1) is 10.7 Å². The summed E-state index contributed by atoms with van der Waals surface area (Å²) in [4.78, 5) is 12.8. The summed E-state index contributed by atoms with van der Waals surface area (Å²) in [7, 11) is -3.86. The zero-order valence-corrected chi connectivity index (χ0v) is 18.5. The number of sulfonamides is 1. The molecule has 10 heteroatoms. The van der Waals surface area contributed by atoms with Crippen molar-refractivity contribution in [1.29, 1.82) is 0 Å². The van der Waals surface area contributed by atoms with Crippen molar-refractivity contribution in [2.24, 2.45) is 5.92 Å². The number of amides is 1. The van der Waals surface area contributed by atoms with Gasteiger partial charge in [0.15, 0.2) is 0 Å². The smallest absolute Gasteiger partial charge is 0.288 e. The van der Waals surface area contributed by atoms with Crippen LogP contribution >= 0.6 is 23.4 Å². The third kappa shape index (κ3) is 5.32. The summed E-state index contributed by atoms with van der Waals surface area (Å²) < 4.78 is 53.1. The molecular formula is C20H21ClF2N2O3S2. The van der Waals surface area contributed by atoms with E-state index >= 15 is 0 Å². The van der Waals surface area contributed by atoms with Crippen LogP contribution in [0.25, 0.3) is 0 Å². The number of piperidine rings is 1. The number of carbonyl (C=O) groups is 1. The number of halogens is 3. The lowest BCUT2D eigenvalue weighted by molar-refractivity contribution is 0.102. The van der Waals surface area contributed by atoms with Crippen molar-refractivity contribution in [2.45, 2.75) is 35.3 Å². The molecule has 2 aromatic rings. The Kier molecular flexibility index (Phi) is 7.38. The molecule has 1 amide bonds. The summed E-state index contributed by atoms with van der Waals surface area (Å²) in [6.45, 7) is 2.78. The molecular weight excluding hydrogens is 454 g/mol. The quantitative estimate of drug-likeness (QED) is 0.575. The monoisotopic (exact) mass is 474 g/mol. The van der Waals surface area contributed by atoms with E-state index in [0.717, 1.165) is 12.8 Å². The van der Waals surface area contributed by atoms with Crippen molar-refractivity contribution in [2.75, 3.05) is 18.4 Å². The van der Waals surface area contributed by atoms with E-state index in [2.05, 4.69) is 5.32 Å². The summed E-state index contributed by atoms with van der Waals surface area (Å²) in [5.74, 6) is -3.01. The van der Waals surface area contributed by atoms with Crippen LogP contribution in [0.1, 0.15) is 30.1 Å². The van der Waals surface area contributed by atoms with Crippen molar-refractivity contribution in [3.63, 3.8) is 0 Å². The van der Waals surface area contributed by atoms with E-state index in [0.29, 0.717) is 24.9 Å². The lowest BCUT2D eigenvalue weighted by Crippen LogP contribution is -2.39. The molecule has 30 heavy (non-hydrogen) atoms. The Balaban J connectivity index is 1.87. The molecule has 0 radical (unpaired) electrons. The van der Waals surface area contributed by atoms with Crippen LogP contribution < -0.4 is 5.32 Å². The summed E-state index contributed by atoms with van der Waals surface area (Å²) in [5.41, 5.74) is 0.289. The number of para-hydroxylation sites is 1. The number of anilines is 1. The Bertz CT molecular complexity index is 1030. The van der Waals surface area contributed by atoms with Crippen LogP contribution in [0, 0.1) is 5.92 Å². The number of hydrogen-bond donors (Lipinski definition) is 1. The summed E-state index contributed by atoms with van der Waals surface area (Å²) in [6.07, 6.45) is 1.72. The zero-order valence-electron chi connectivity index (χ0n) is 16.1. The van der Waals surface area contributed by atoms with E-state index in [1.54, 1.807) is 12.1 Å². The Labute approximate surface area is 183 Å². The van der Waals surface area contributed by atoms with E-state index < -0.39 is 21.7 Å². The number of thioether (sulfide) groups is 1. The first-order valence-corrected chi connectivity index (χ1v) is 12.0. The first-order chi connectivity index (χ1) is 14.2. The lowest BCUT2D eigenvalue weighted by Gasteiger charge is -2.30. The molecule has 0 aliphatic carbocycles. The molecule has 2 aromatic carbocycles. The van der Waals surface area contributed by atoms with Crippen molar-refractivity contribution >= 4 is 45.0 Å². The highest BCUT2D eigenvalue weighted by Crippen LogP contribution is 2.33. The minimum absolute atomic E-state index is 0.0263. The van der Waals surface area contributed by atoms with Gasteiger partial charge < -0.3 is 5.32 Å².